The lowest BCUT2D eigenvalue weighted by molar-refractivity contribution is -0.144. The van der Waals surface area contributed by atoms with Crippen molar-refractivity contribution in [2.75, 3.05) is 25.5 Å². The number of thioether (sulfide) groups is 1. The van der Waals surface area contributed by atoms with Crippen molar-refractivity contribution in [3.8, 4) is 0 Å². The monoisotopic (exact) mass is 275 g/mol. The fourth-order valence-corrected chi connectivity index (χ4v) is 2.64. The van der Waals surface area contributed by atoms with Crippen molar-refractivity contribution in [3.63, 3.8) is 0 Å². The molecule has 2 atom stereocenters. The number of carboxylic acids is 1. The predicted molar refractivity (Wildman–Crippen MR) is 70.7 cm³/mol. The second-order valence-corrected chi connectivity index (χ2v) is 6.15. The van der Waals surface area contributed by atoms with Crippen LogP contribution in [0, 0.1) is 5.92 Å². The summed E-state index contributed by atoms with van der Waals surface area (Å²) < 4.78 is 5.21. The Morgan fingerprint density at radius 1 is 1.44 bits per heavy atom. The zero-order valence-corrected chi connectivity index (χ0v) is 11.9. The van der Waals surface area contributed by atoms with Gasteiger partial charge in [0.15, 0.2) is 0 Å². The van der Waals surface area contributed by atoms with Gasteiger partial charge < -0.3 is 14.7 Å². The number of hydrogen-bond acceptors (Lipinski definition) is 4. The summed E-state index contributed by atoms with van der Waals surface area (Å²) in [6.07, 6.45) is 0. The van der Waals surface area contributed by atoms with Crippen LogP contribution in [0.1, 0.15) is 20.8 Å². The summed E-state index contributed by atoms with van der Waals surface area (Å²) in [5, 5.41) is 9.50. The lowest BCUT2D eigenvalue weighted by atomic mass is 10.0. The van der Waals surface area contributed by atoms with E-state index < -0.39 is 11.9 Å². The first-order valence-corrected chi connectivity index (χ1v) is 7.23. The molecule has 104 valence electrons. The summed E-state index contributed by atoms with van der Waals surface area (Å²) in [7, 11) is 0. The molecule has 0 spiro atoms. The molecule has 0 aromatic heterocycles. The summed E-state index contributed by atoms with van der Waals surface area (Å²) >= 11 is 1.57. The minimum Gasteiger partial charge on any atom is -0.481 e. The van der Waals surface area contributed by atoms with Crippen molar-refractivity contribution in [2.45, 2.75) is 32.1 Å². The number of amides is 1. The van der Waals surface area contributed by atoms with Crippen molar-refractivity contribution in [1.82, 2.24) is 4.90 Å². The molecule has 6 heteroatoms. The molecule has 1 saturated heterocycles. The molecule has 1 aliphatic heterocycles. The fourth-order valence-electron chi connectivity index (χ4n) is 2.00. The van der Waals surface area contributed by atoms with Gasteiger partial charge in [-0.3, -0.25) is 9.59 Å². The van der Waals surface area contributed by atoms with Gasteiger partial charge in [0.1, 0.15) is 5.92 Å². The van der Waals surface area contributed by atoms with E-state index in [1.165, 1.54) is 0 Å². The summed E-state index contributed by atoms with van der Waals surface area (Å²) in [5.41, 5.74) is 0. The van der Waals surface area contributed by atoms with E-state index >= 15 is 0 Å². The zero-order valence-electron chi connectivity index (χ0n) is 11.1. The van der Waals surface area contributed by atoms with E-state index in [2.05, 4.69) is 0 Å². The predicted octanol–water partition coefficient (Wildman–Crippen LogP) is 1.08. The van der Waals surface area contributed by atoms with Crippen LogP contribution in [0.15, 0.2) is 0 Å². The quantitative estimate of drug-likeness (QED) is 0.785. The molecule has 0 aliphatic carbocycles. The first-order chi connectivity index (χ1) is 8.47. The number of aliphatic carboxylic acids is 1. The van der Waals surface area contributed by atoms with Gasteiger partial charge in [0.05, 0.1) is 25.0 Å². The average Bonchev–Trinajstić information content (AvgIpc) is 2.76. The van der Waals surface area contributed by atoms with Gasteiger partial charge in [-0.2, -0.15) is 0 Å². The van der Waals surface area contributed by atoms with E-state index in [1.807, 2.05) is 20.8 Å². The summed E-state index contributed by atoms with van der Waals surface area (Å²) in [5.74, 6) is -1.09. The molecule has 0 radical (unpaired) electrons. The molecule has 1 fully saturated rings. The highest BCUT2D eigenvalue weighted by atomic mass is 32.2. The number of ether oxygens (including phenoxy) is 1. The van der Waals surface area contributed by atoms with Gasteiger partial charge in [-0.15, -0.1) is 11.8 Å². The van der Waals surface area contributed by atoms with Crippen LogP contribution in [-0.2, 0) is 14.3 Å². The molecular formula is C12H21NO4S. The van der Waals surface area contributed by atoms with Crippen LogP contribution in [0.4, 0.5) is 0 Å². The molecule has 0 aromatic rings. The molecule has 5 nitrogen and oxygen atoms in total. The topological polar surface area (TPSA) is 66.8 Å². The van der Waals surface area contributed by atoms with E-state index in [-0.39, 0.29) is 18.6 Å². The van der Waals surface area contributed by atoms with Gasteiger partial charge in [0.25, 0.3) is 0 Å². The number of rotatable bonds is 6. The molecule has 0 saturated carbocycles. The van der Waals surface area contributed by atoms with Gasteiger partial charge in [0.2, 0.25) is 5.91 Å². The highest BCUT2D eigenvalue weighted by molar-refractivity contribution is 8.00. The molecule has 0 bridgehead atoms. The van der Waals surface area contributed by atoms with E-state index in [1.54, 1.807) is 16.7 Å². The largest absolute Gasteiger partial charge is 0.481 e. The van der Waals surface area contributed by atoms with Crippen LogP contribution >= 0.6 is 11.8 Å². The van der Waals surface area contributed by atoms with Gasteiger partial charge in [-0.1, -0.05) is 13.8 Å². The number of nitrogens with zero attached hydrogens (tertiary/aromatic N) is 1. The number of hydrogen-bond donors (Lipinski definition) is 1. The van der Waals surface area contributed by atoms with E-state index in [4.69, 9.17) is 9.84 Å². The summed E-state index contributed by atoms with van der Waals surface area (Å²) in [6.45, 7) is 6.98. The molecule has 18 heavy (non-hydrogen) atoms. The van der Waals surface area contributed by atoms with Gasteiger partial charge in [-0.05, 0) is 12.2 Å². The lowest BCUT2D eigenvalue weighted by Gasteiger charge is -2.29. The molecule has 1 heterocycles. The highest BCUT2D eigenvalue weighted by Crippen LogP contribution is 2.21. The molecular weight excluding hydrogens is 254 g/mol. The smallest absolute Gasteiger partial charge is 0.311 e. The third-order valence-corrected chi connectivity index (χ3v) is 4.05. The summed E-state index contributed by atoms with van der Waals surface area (Å²) in [4.78, 5) is 24.8. The normalized spacial score (nSPS) is 23.3. The molecule has 1 amide bonds. The van der Waals surface area contributed by atoms with Crippen molar-refractivity contribution >= 4 is 23.6 Å². The van der Waals surface area contributed by atoms with E-state index in [0.29, 0.717) is 24.2 Å². The van der Waals surface area contributed by atoms with Crippen LogP contribution in [0.25, 0.3) is 0 Å². The van der Waals surface area contributed by atoms with Gasteiger partial charge in [-0.25, -0.2) is 0 Å². The molecule has 0 aromatic carbocycles. The number of carboxylic acid groups (broad SMARTS) is 1. The molecule has 1 aliphatic rings. The molecule has 1 rings (SSSR count). The van der Waals surface area contributed by atoms with Crippen LogP contribution in [-0.4, -0.2) is 58.7 Å². The highest BCUT2D eigenvalue weighted by Gasteiger charge is 2.39. The van der Waals surface area contributed by atoms with Crippen molar-refractivity contribution in [2.24, 2.45) is 5.92 Å². The minimum atomic E-state index is -0.889. The Morgan fingerprint density at radius 2 is 2.11 bits per heavy atom. The van der Waals surface area contributed by atoms with Crippen molar-refractivity contribution < 1.29 is 19.4 Å². The number of carbonyl (C=O) groups is 2. The average molecular weight is 275 g/mol. The Morgan fingerprint density at radius 3 is 2.61 bits per heavy atom. The Labute approximate surface area is 112 Å². The van der Waals surface area contributed by atoms with Crippen molar-refractivity contribution in [1.29, 1.82) is 0 Å². The molecule has 2 unspecified atom stereocenters. The first-order valence-electron chi connectivity index (χ1n) is 6.19. The van der Waals surface area contributed by atoms with Crippen LogP contribution in [0.5, 0.6) is 0 Å². The Balaban J connectivity index is 2.64. The van der Waals surface area contributed by atoms with Crippen LogP contribution in [0.3, 0.4) is 0 Å². The number of likely N-dealkylation sites (N-methyl/N-ethyl adjacent to an activating group) is 1. The maximum Gasteiger partial charge on any atom is 0.311 e. The Bertz CT molecular complexity index is 308. The van der Waals surface area contributed by atoms with Gasteiger partial charge in [0, 0.05) is 6.54 Å². The van der Waals surface area contributed by atoms with Crippen LogP contribution < -0.4 is 0 Å². The van der Waals surface area contributed by atoms with E-state index in [0.717, 1.165) is 0 Å². The SMILES string of the molecule is CCN(C(=O)CSC(C)C)C1COCC1C(=O)O. The Hall–Kier alpha value is -0.750. The van der Waals surface area contributed by atoms with Crippen molar-refractivity contribution in [3.05, 3.63) is 0 Å². The summed E-state index contributed by atoms with van der Waals surface area (Å²) in [6, 6.07) is -0.326. The minimum absolute atomic E-state index is 0.00190. The fraction of sp³-hybridized carbons (Fsp3) is 0.833. The van der Waals surface area contributed by atoms with E-state index in [9.17, 15) is 9.59 Å². The maximum atomic E-state index is 12.1. The second kappa shape index (κ2) is 6.99. The zero-order chi connectivity index (χ0) is 13.7. The third kappa shape index (κ3) is 3.88. The standard InChI is InChI=1S/C12H21NO4S/c1-4-13(11(14)7-18-8(2)3)10-6-17-5-9(10)12(15)16/h8-10H,4-7H2,1-3H3,(H,15,16). The second-order valence-electron chi connectivity index (χ2n) is 4.59. The van der Waals surface area contributed by atoms with Gasteiger partial charge >= 0.3 is 5.97 Å². The maximum absolute atomic E-state index is 12.1. The van der Waals surface area contributed by atoms with Crippen LogP contribution in [0.2, 0.25) is 0 Å². The Kier molecular flexibility index (Phi) is 5.95. The first kappa shape index (κ1) is 15.3. The molecule has 1 N–H and O–H groups in total. The lowest BCUT2D eigenvalue weighted by Crippen LogP contribution is -2.47. The third-order valence-electron chi connectivity index (χ3n) is 2.97. The number of carbonyl (C=O) groups excluding carboxylic acids is 1.